The molecule has 0 radical (unpaired) electrons. The Hall–Kier alpha value is -7.55. The zero-order chi connectivity index (χ0) is 93.1. The van der Waals surface area contributed by atoms with Crippen molar-refractivity contribution < 1.29 is 96.6 Å². The molecule has 32 heteroatoms. The fourth-order valence-corrected chi connectivity index (χ4v) is 14.9. The molecule has 0 aromatic rings. The Kier molecular flexibility index (Phi) is 72.9. The van der Waals surface area contributed by atoms with Gasteiger partial charge in [-0.25, -0.2) is 9.59 Å². The van der Waals surface area contributed by atoms with E-state index in [0.717, 1.165) is 89.9 Å². The van der Waals surface area contributed by atoms with Crippen LogP contribution in [0.15, 0.2) is 0 Å². The molecule has 0 saturated carbocycles. The predicted octanol–water partition coefficient (Wildman–Crippen LogP) is 12.1. The highest BCUT2D eigenvalue weighted by Gasteiger charge is 2.32. The number of amides is 8. The van der Waals surface area contributed by atoms with E-state index >= 15 is 0 Å². The maximum absolute atomic E-state index is 13.8. The molecule has 0 aromatic carbocycles. The van der Waals surface area contributed by atoms with Crippen molar-refractivity contribution in [3.63, 3.8) is 0 Å². The maximum Gasteiger partial charge on any atom is 0.326 e. The van der Waals surface area contributed by atoms with E-state index in [1.165, 1.54) is 110 Å². The number of aliphatic carboxylic acids is 4. The quantitative estimate of drug-likeness (QED) is 0.0251. The average molecular weight is 1780 g/mol. The van der Waals surface area contributed by atoms with Crippen LogP contribution in [0.3, 0.4) is 0 Å². The Bertz CT molecular complexity index is 3030. The molecule has 0 fully saturated rings. The van der Waals surface area contributed by atoms with Gasteiger partial charge in [-0.05, 0) is 162 Å². The number of Topliss-reactive ketones (excluding diaryl/α,β-unsaturated/α-hetero) is 3. The lowest BCUT2D eigenvalue weighted by Gasteiger charge is -2.23. The lowest BCUT2D eigenvalue weighted by Crippen LogP contribution is -2.43. The van der Waals surface area contributed by atoms with Crippen LogP contribution in [-0.2, 0) is 71.9 Å². The standard InChI is InChI=1S/C93H171N13O19.3H2/c1-70(107)71(48-36-42-64-101-87(118)75(96)52-40-46-66-103-89(120)73(94)50-38-44-62-99-81(110)60-58-77(91(122)123)105-83(112)54-32-28-24-20-16-12-8-4-6-10-14-18-22-26-30-34-56-85(114)115)68-79(108)72(69-80(109)93(2,3)98)49-37-43-65-102-88(119)76(97)53-41-47-67-104-90(121)74(95)51-39-45-63-100-82(111)61-59-78(92(124)125)106-84(113)55-33-29-25-21-17-13-9-5-7-11-15-19-23-27-31-35-57-86(116)117;;;/h71-78H,4-69,94-98H2,1-3H3,(H,99,110)(H,100,111)(H,101,118)(H,102,119)(H,103,120)(H,104,121)(H,105,112)(H,106,113)(H,114,115)(H,116,117)(H,122,123)(H,124,125);3*1H/t71-,72-,73+,74+,75+,76+,77+,78+;;;/m1.../s1. The van der Waals surface area contributed by atoms with Crippen molar-refractivity contribution in [3.8, 4) is 0 Å². The van der Waals surface area contributed by atoms with Gasteiger partial charge < -0.3 is 91.6 Å². The van der Waals surface area contributed by atoms with E-state index in [4.69, 9.17) is 38.9 Å². The van der Waals surface area contributed by atoms with Crippen molar-refractivity contribution in [2.45, 2.75) is 448 Å². The van der Waals surface area contributed by atoms with Gasteiger partial charge in [-0.2, -0.15) is 0 Å². The minimum Gasteiger partial charge on any atom is -0.481 e. The summed E-state index contributed by atoms with van der Waals surface area (Å²) in [7, 11) is 0. The third-order valence-corrected chi connectivity index (χ3v) is 23.2. The number of carbonyl (C=O) groups is 15. The van der Waals surface area contributed by atoms with Gasteiger partial charge in [0.1, 0.15) is 23.7 Å². The normalized spacial score (nSPS) is 13.3. The number of carboxylic acid groups (broad SMARTS) is 4. The van der Waals surface area contributed by atoms with Gasteiger partial charge in [0.15, 0.2) is 5.78 Å². The second-order valence-electron chi connectivity index (χ2n) is 35.4. The second-order valence-corrected chi connectivity index (χ2v) is 35.4. The fourth-order valence-electron chi connectivity index (χ4n) is 14.9. The number of nitrogens with two attached hydrogens (primary N) is 5. The lowest BCUT2D eigenvalue weighted by atomic mass is 9.82. The van der Waals surface area contributed by atoms with Crippen molar-refractivity contribution in [2.24, 2.45) is 40.5 Å². The van der Waals surface area contributed by atoms with Crippen molar-refractivity contribution in [1.82, 2.24) is 42.5 Å². The largest absolute Gasteiger partial charge is 0.481 e. The van der Waals surface area contributed by atoms with E-state index in [0.29, 0.717) is 161 Å². The monoisotopic (exact) mass is 1780 g/mol. The van der Waals surface area contributed by atoms with Gasteiger partial charge in [-0.1, -0.05) is 193 Å². The molecule has 125 heavy (non-hydrogen) atoms. The predicted molar refractivity (Wildman–Crippen MR) is 494 cm³/mol. The van der Waals surface area contributed by atoms with Gasteiger partial charge in [-0.3, -0.25) is 62.3 Å². The molecule has 0 rings (SSSR count). The topological polar surface area (TPSA) is 563 Å². The first-order valence-corrected chi connectivity index (χ1v) is 48.2. The zero-order valence-electron chi connectivity index (χ0n) is 77.1. The van der Waals surface area contributed by atoms with Crippen LogP contribution in [0.4, 0.5) is 0 Å². The molecule has 0 aromatic heterocycles. The van der Waals surface area contributed by atoms with Crippen molar-refractivity contribution in [2.75, 3.05) is 39.3 Å². The first-order valence-electron chi connectivity index (χ1n) is 48.2. The van der Waals surface area contributed by atoms with Crippen LogP contribution in [-0.4, -0.2) is 190 Å². The molecule has 22 N–H and O–H groups in total. The van der Waals surface area contributed by atoms with E-state index in [-0.39, 0.29) is 140 Å². The summed E-state index contributed by atoms with van der Waals surface area (Å²) >= 11 is 0. The number of nitrogens with one attached hydrogen (secondary N) is 8. The number of rotatable bonds is 89. The van der Waals surface area contributed by atoms with Crippen LogP contribution in [0, 0.1) is 11.8 Å². The Labute approximate surface area is 751 Å². The van der Waals surface area contributed by atoms with Gasteiger partial charge in [0.2, 0.25) is 47.3 Å². The summed E-state index contributed by atoms with van der Waals surface area (Å²) in [6, 6.07) is -5.48. The van der Waals surface area contributed by atoms with Gasteiger partial charge >= 0.3 is 23.9 Å². The Balaban J connectivity index is -0.0000256. The van der Waals surface area contributed by atoms with Gasteiger partial charge in [-0.15, -0.1) is 0 Å². The number of ketones is 3. The summed E-state index contributed by atoms with van der Waals surface area (Å²) in [5.41, 5.74) is 29.6. The fraction of sp³-hybridized carbons (Fsp3) is 0.839. The third kappa shape index (κ3) is 71.1. The highest BCUT2D eigenvalue weighted by atomic mass is 16.4. The summed E-state index contributed by atoms with van der Waals surface area (Å²) in [5, 5.41) is 58.7. The summed E-state index contributed by atoms with van der Waals surface area (Å²) < 4.78 is 0. The van der Waals surface area contributed by atoms with Gasteiger partial charge in [0.05, 0.1) is 29.7 Å². The van der Waals surface area contributed by atoms with Crippen molar-refractivity contribution >= 4 is 88.5 Å². The highest BCUT2D eigenvalue weighted by Crippen LogP contribution is 2.25. The third-order valence-electron chi connectivity index (χ3n) is 23.2. The molecule has 728 valence electrons. The number of hydrogen-bond acceptors (Lipinski definition) is 20. The minimum absolute atomic E-state index is 0. The van der Waals surface area contributed by atoms with Crippen molar-refractivity contribution in [3.05, 3.63) is 0 Å². The summed E-state index contributed by atoms with van der Waals surface area (Å²) in [5.74, 6) is -8.53. The van der Waals surface area contributed by atoms with E-state index in [9.17, 15) is 82.1 Å². The molecular formula is C93H177N13O19. The molecule has 0 aliphatic carbocycles. The van der Waals surface area contributed by atoms with Crippen LogP contribution in [0.2, 0.25) is 0 Å². The average Bonchev–Trinajstić information content (AvgIpc) is 0.867. The van der Waals surface area contributed by atoms with Crippen LogP contribution < -0.4 is 71.2 Å². The SMILES string of the molecule is CC(=O)[C@H](CCCCNC(=O)[C@@H](N)CCCCNC(=O)[C@@H](N)CCCCNC(=O)CC[C@H](NC(=O)CCCCCCCCCCCCCCCCCCC(=O)O)C(=O)O)CC(=O)[C@H](CCCCNC(=O)[C@@H](N)CCCCNC(=O)[C@@H](N)CCCCNC(=O)CC[C@H](NC(=O)CCCCCCCCCCCCCCCCCCC(=O)O)C(=O)O)CC(=O)C(C)(C)N.[HH].[HH].[HH]. The molecule has 0 saturated heterocycles. The van der Waals surface area contributed by atoms with E-state index in [1.807, 2.05) is 0 Å². The molecular weight excluding hydrogens is 1600 g/mol. The van der Waals surface area contributed by atoms with Gasteiger partial charge in [0.25, 0.3) is 0 Å². The molecule has 0 heterocycles. The molecule has 0 aliphatic heterocycles. The molecule has 8 amide bonds. The smallest absolute Gasteiger partial charge is 0.326 e. The first kappa shape index (κ1) is 117. The maximum atomic E-state index is 13.8. The number of hydrogen-bond donors (Lipinski definition) is 17. The van der Waals surface area contributed by atoms with Crippen LogP contribution in [0.1, 0.15) is 410 Å². The zero-order valence-corrected chi connectivity index (χ0v) is 77.1. The van der Waals surface area contributed by atoms with Crippen molar-refractivity contribution in [1.29, 1.82) is 0 Å². The van der Waals surface area contributed by atoms with Crippen LogP contribution in [0.25, 0.3) is 0 Å². The van der Waals surface area contributed by atoms with Crippen LogP contribution >= 0.6 is 0 Å². The summed E-state index contributed by atoms with van der Waals surface area (Å²) in [6.45, 7) is 6.43. The highest BCUT2D eigenvalue weighted by molar-refractivity contribution is 5.94. The molecule has 0 spiro atoms. The van der Waals surface area contributed by atoms with Crippen LogP contribution in [0.5, 0.6) is 0 Å². The van der Waals surface area contributed by atoms with E-state index in [2.05, 4.69) is 42.5 Å². The Morgan fingerprint density at radius 1 is 0.272 bits per heavy atom. The Morgan fingerprint density at radius 3 is 0.744 bits per heavy atom. The molecule has 0 bridgehead atoms. The molecule has 0 aliphatic rings. The van der Waals surface area contributed by atoms with Gasteiger partial charge in [0, 0.05) is 107 Å². The summed E-state index contributed by atoms with van der Waals surface area (Å²) in [6.07, 6.45) is 44.2. The molecule has 0 unspecified atom stereocenters. The number of unbranched alkanes of at least 4 members (excludes halogenated alkanes) is 36. The van der Waals surface area contributed by atoms with E-state index in [1.54, 1.807) is 13.8 Å². The molecule has 8 atom stereocenters. The first-order chi connectivity index (χ1) is 59.7. The molecule has 32 nitrogen and oxygen atoms in total. The number of carboxylic acids is 4. The second kappa shape index (κ2) is 77.6. The minimum atomic E-state index is -1.20. The Morgan fingerprint density at radius 2 is 0.504 bits per heavy atom. The lowest BCUT2D eigenvalue weighted by molar-refractivity contribution is -0.142. The number of carbonyl (C=O) groups excluding carboxylic acids is 11. The summed E-state index contributed by atoms with van der Waals surface area (Å²) in [4.78, 5) is 186. The van der Waals surface area contributed by atoms with E-state index < -0.39 is 77.5 Å².